The molecule has 2 aromatic carbocycles. The Balaban J connectivity index is 1.38. The molecule has 130 valence electrons. The summed E-state index contributed by atoms with van der Waals surface area (Å²) in [6.45, 7) is 2.81. The van der Waals surface area contributed by atoms with Crippen LogP contribution in [0.4, 0.5) is 0 Å². The molecule has 1 amide bonds. The molecule has 0 spiro atoms. The number of carbonyl (C=O) groups excluding carboxylic acids is 1. The zero-order valence-electron chi connectivity index (χ0n) is 14.3. The van der Waals surface area contributed by atoms with Crippen molar-refractivity contribution >= 4 is 5.91 Å². The highest BCUT2D eigenvalue weighted by Crippen LogP contribution is 2.30. The molecule has 2 aliphatic heterocycles. The third-order valence-corrected chi connectivity index (χ3v) is 4.91. The first-order chi connectivity index (χ1) is 12.2. The molecular weight excluding hydrogens is 316 g/mol. The molecule has 4 rings (SSSR count). The van der Waals surface area contributed by atoms with Crippen LogP contribution >= 0.6 is 0 Å². The van der Waals surface area contributed by atoms with Crippen molar-refractivity contribution in [1.29, 1.82) is 0 Å². The predicted octanol–water partition coefficient (Wildman–Crippen LogP) is 2.17. The van der Waals surface area contributed by atoms with Crippen molar-refractivity contribution < 1.29 is 14.3 Å². The van der Waals surface area contributed by atoms with Gasteiger partial charge in [0.15, 0.2) is 0 Å². The molecule has 5 nitrogen and oxygen atoms in total. The van der Waals surface area contributed by atoms with E-state index in [9.17, 15) is 4.79 Å². The van der Waals surface area contributed by atoms with Crippen molar-refractivity contribution in [1.82, 2.24) is 10.6 Å². The first-order valence-corrected chi connectivity index (χ1v) is 8.62. The second-order valence-corrected chi connectivity index (χ2v) is 6.61. The number of hydrogen-bond donors (Lipinski definition) is 2. The van der Waals surface area contributed by atoms with Gasteiger partial charge in [-0.1, -0.05) is 18.2 Å². The lowest BCUT2D eigenvalue weighted by Crippen LogP contribution is -2.37. The Kier molecular flexibility index (Phi) is 4.32. The Morgan fingerprint density at radius 3 is 2.96 bits per heavy atom. The normalized spacial score (nSPS) is 18.0. The Morgan fingerprint density at radius 2 is 2.08 bits per heavy atom. The third-order valence-electron chi connectivity index (χ3n) is 4.91. The van der Waals surface area contributed by atoms with Crippen molar-refractivity contribution in [3.63, 3.8) is 0 Å². The molecule has 0 saturated carbocycles. The van der Waals surface area contributed by atoms with Crippen LogP contribution in [0.25, 0.3) is 0 Å². The van der Waals surface area contributed by atoms with E-state index in [0.29, 0.717) is 19.6 Å². The molecule has 25 heavy (non-hydrogen) atoms. The largest absolute Gasteiger partial charge is 0.497 e. The van der Waals surface area contributed by atoms with Crippen LogP contribution in [-0.2, 0) is 30.8 Å². The third kappa shape index (κ3) is 3.33. The monoisotopic (exact) mass is 338 g/mol. The fourth-order valence-corrected chi connectivity index (χ4v) is 3.46. The molecule has 2 heterocycles. The van der Waals surface area contributed by atoms with Crippen molar-refractivity contribution in [3.8, 4) is 11.5 Å². The van der Waals surface area contributed by atoms with Gasteiger partial charge in [-0.05, 0) is 46.9 Å². The van der Waals surface area contributed by atoms with Crippen LogP contribution in [-0.4, -0.2) is 19.6 Å². The first kappa shape index (κ1) is 16.0. The maximum atomic E-state index is 12.5. The molecule has 0 fully saturated rings. The molecule has 0 radical (unpaired) electrons. The van der Waals surface area contributed by atoms with Gasteiger partial charge >= 0.3 is 0 Å². The summed E-state index contributed by atoms with van der Waals surface area (Å²) in [5.74, 6) is 1.49. The van der Waals surface area contributed by atoms with Gasteiger partial charge < -0.3 is 20.1 Å². The van der Waals surface area contributed by atoms with E-state index in [1.54, 1.807) is 7.11 Å². The van der Waals surface area contributed by atoms with Gasteiger partial charge in [0.2, 0.25) is 5.91 Å². The number of hydrogen-bond acceptors (Lipinski definition) is 4. The molecule has 1 atom stereocenters. The summed E-state index contributed by atoms with van der Waals surface area (Å²) in [5, 5.41) is 6.38. The van der Waals surface area contributed by atoms with Gasteiger partial charge in [-0.15, -0.1) is 0 Å². The van der Waals surface area contributed by atoms with Crippen LogP contribution < -0.4 is 20.1 Å². The second-order valence-electron chi connectivity index (χ2n) is 6.61. The molecular formula is C20H22N2O3. The van der Waals surface area contributed by atoms with Gasteiger partial charge in [-0.2, -0.15) is 0 Å². The van der Waals surface area contributed by atoms with E-state index < -0.39 is 0 Å². The van der Waals surface area contributed by atoms with Crippen molar-refractivity contribution in [2.75, 3.05) is 13.7 Å². The van der Waals surface area contributed by atoms with E-state index in [1.807, 2.05) is 18.2 Å². The van der Waals surface area contributed by atoms with Gasteiger partial charge in [-0.3, -0.25) is 4.79 Å². The number of carbonyl (C=O) groups is 1. The Bertz CT molecular complexity index is 804. The SMILES string of the molecule is COc1ccc2c(c1)CC(C(=O)NCc1ccc3c(c1)CNC3)CO2. The molecule has 5 heteroatoms. The average molecular weight is 338 g/mol. The fourth-order valence-electron chi connectivity index (χ4n) is 3.46. The van der Waals surface area contributed by atoms with Crippen LogP contribution in [0.3, 0.4) is 0 Å². The smallest absolute Gasteiger partial charge is 0.227 e. The van der Waals surface area contributed by atoms with Crippen molar-refractivity contribution in [3.05, 3.63) is 58.7 Å². The fraction of sp³-hybridized carbons (Fsp3) is 0.350. The molecule has 0 aromatic heterocycles. The lowest BCUT2D eigenvalue weighted by atomic mass is 9.95. The van der Waals surface area contributed by atoms with Gasteiger partial charge in [0.05, 0.1) is 13.0 Å². The summed E-state index contributed by atoms with van der Waals surface area (Å²) in [6.07, 6.45) is 0.673. The predicted molar refractivity (Wildman–Crippen MR) is 94.5 cm³/mol. The Labute approximate surface area is 147 Å². The molecule has 0 aliphatic carbocycles. The maximum Gasteiger partial charge on any atom is 0.227 e. The highest BCUT2D eigenvalue weighted by atomic mass is 16.5. The summed E-state index contributed by atoms with van der Waals surface area (Å²) in [6, 6.07) is 12.1. The highest BCUT2D eigenvalue weighted by Gasteiger charge is 2.26. The van der Waals surface area contributed by atoms with Crippen LogP contribution in [0.5, 0.6) is 11.5 Å². The molecule has 2 aliphatic rings. The molecule has 0 saturated heterocycles. The lowest BCUT2D eigenvalue weighted by Gasteiger charge is -2.25. The number of fused-ring (bicyclic) bond motifs is 2. The second kappa shape index (κ2) is 6.76. The summed E-state index contributed by atoms with van der Waals surface area (Å²) in [5.41, 5.74) is 4.83. The van der Waals surface area contributed by atoms with E-state index in [4.69, 9.17) is 9.47 Å². The van der Waals surface area contributed by atoms with Crippen LogP contribution in [0, 0.1) is 5.92 Å². The molecule has 1 unspecified atom stereocenters. The number of benzene rings is 2. The number of ether oxygens (including phenoxy) is 2. The zero-order chi connectivity index (χ0) is 17.2. The zero-order valence-corrected chi connectivity index (χ0v) is 14.3. The van der Waals surface area contributed by atoms with Gasteiger partial charge in [0.1, 0.15) is 18.1 Å². The number of methoxy groups -OCH3 is 1. The van der Waals surface area contributed by atoms with Gasteiger partial charge in [0.25, 0.3) is 0 Å². The Hall–Kier alpha value is -2.53. The van der Waals surface area contributed by atoms with E-state index in [1.165, 1.54) is 11.1 Å². The van der Waals surface area contributed by atoms with Gasteiger partial charge in [-0.25, -0.2) is 0 Å². The van der Waals surface area contributed by atoms with E-state index in [0.717, 1.165) is 35.7 Å². The standard InChI is InChI=1S/C20H22N2O3/c1-24-18-4-5-19-15(8-18)7-17(12-25-19)20(23)22-9-13-2-3-14-10-21-11-16(14)6-13/h2-6,8,17,21H,7,9-12H2,1H3,(H,22,23). The van der Waals surface area contributed by atoms with E-state index in [-0.39, 0.29) is 11.8 Å². The number of amides is 1. The Morgan fingerprint density at radius 1 is 1.20 bits per heavy atom. The van der Waals surface area contributed by atoms with E-state index in [2.05, 4.69) is 28.8 Å². The highest BCUT2D eigenvalue weighted by molar-refractivity contribution is 5.79. The quantitative estimate of drug-likeness (QED) is 0.897. The summed E-state index contributed by atoms with van der Waals surface area (Å²) in [4.78, 5) is 12.5. The minimum absolute atomic E-state index is 0.0343. The minimum Gasteiger partial charge on any atom is -0.497 e. The maximum absolute atomic E-state index is 12.5. The van der Waals surface area contributed by atoms with Crippen molar-refractivity contribution in [2.24, 2.45) is 5.92 Å². The van der Waals surface area contributed by atoms with E-state index >= 15 is 0 Å². The number of rotatable bonds is 4. The lowest BCUT2D eigenvalue weighted by molar-refractivity contribution is -0.126. The van der Waals surface area contributed by atoms with Gasteiger partial charge in [0, 0.05) is 19.6 Å². The molecule has 2 N–H and O–H groups in total. The summed E-state index contributed by atoms with van der Waals surface area (Å²) >= 11 is 0. The van der Waals surface area contributed by atoms with Crippen molar-refractivity contribution in [2.45, 2.75) is 26.1 Å². The summed E-state index contributed by atoms with van der Waals surface area (Å²) in [7, 11) is 1.64. The summed E-state index contributed by atoms with van der Waals surface area (Å²) < 4.78 is 11.0. The van der Waals surface area contributed by atoms with Crippen LogP contribution in [0.1, 0.15) is 22.3 Å². The first-order valence-electron chi connectivity index (χ1n) is 8.62. The number of nitrogens with one attached hydrogen (secondary N) is 2. The average Bonchev–Trinajstić information content (AvgIpc) is 3.13. The molecule has 2 aromatic rings. The van der Waals surface area contributed by atoms with Crippen LogP contribution in [0.2, 0.25) is 0 Å². The minimum atomic E-state index is -0.171. The van der Waals surface area contributed by atoms with Crippen LogP contribution in [0.15, 0.2) is 36.4 Å². The molecule has 0 bridgehead atoms. The topological polar surface area (TPSA) is 59.6 Å².